The largest absolute Gasteiger partial charge is 0.370 e. The fraction of sp³-hybridized carbons (Fsp3) is 0.538. The lowest BCUT2D eigenvalue weighted by atomic mass is 9.93. The van der Waals surface area contributed by atoms with E-state index in [0.29, 0.717) is 0 Å². The molecule has 0 aromatic carbocycles. The van der Waals surface area contributed by atoms with Gasteiger partial charge in [-0.2, -0.15) is 0 Å². The summed E-state index contributed by atoms with van der Waals surface area (Å²) in [6, 6.07) is 0. The maximum atomic E-state index is 11.0. The molecule has 0 N–H and O–H groups in total. The number of fused-ring (bicyclic) bond motifs is 1. The van der Waals surface area contributed by atoms with Crippen LogP contribution in [0.3, 0.4) is 0 Å². The van der Waals surface area contributed by atoms with Gasteiger partial charge < -0.3 is 4.90 Å². The first-order chi connectivity index (χ1) is 7.90. The second-order valence-corrected chi connectivity index (χ2v) is 5.38. The average Bonchev–Trinajstić information content (AvgIpc) is 2.96. The molecule has 1 radical (unpaired) electrons. The van der Waals surface area contributed by atoms with Crippen molar-refractivity contribution in [1.29, 1.82) is 0 Å². The molecule has 3 heteroatoms. The Balaban J connectivity index is 2.06. The highest BCUT2D eigenvalue weighted by atomic mass is 32.1. The normalized spacial score (nSPS) is 19.8. The Hall–Kier alpha value is -1.05. The first-order valence-electron chi connectivity index (χ1n) is 5.93. The Kier molecular flexibility index (Phi) is 2.58. The molecule has 0 amide bonds. The molecule has 3 rings (SSSR count). The van der Waals surface area contributed by atoms with Crippen molar-refractivity contribution in [2.24, 2.45) is 0 Å². The minimum absolute atomic E-state index is 0.876. The molecular formula is C13H14NOS. The van der Waals surface area contributed by atoms with E-state index in [1.54, 1.807) is 11.3 Å². The lowest BCUT2D eigenvalue weighted by molar-refractivity contribution is 0.568. The van der Waals surface area contributed by atoms with Crippen LogP contribution >= 0.6 is 11.3 Å². The third kappa shape index (κ3) is 1.51. The molecule has 0 atom stereocenters. The van der Waals surface area contributed by atoms with Crippen LogP contribution in [-0.4, -0.2) is 19.0 Å². The molecule has 1 aromatic rings. The van der Waals surface area contributed by atoms with Crippen LogP contribution in [0, 0.1) is 5.38 Å². The Morgan fingerprint density at radius 2 is 2.00 bits per heavy atom. The first-order valence-corrected chi connectivity index (χ1v) is 6.74. The fourth-order valence-corrected chi connectivity index (χ4v) is 3.67. The van der Waals surface area contributed by atoms with Gasteiger partial charge in [0.2, 0.25) is 0 Å². The quantitative estimate of drug-likeness (QED) is 0.694. The van der Waals surface area contributed by atoms with Crippen molar-refractivity contribution in [1.82, 2.24) is 0 Å². The van der Waals surface area contributed by atoms with Gasteiger partial charge in [0, 0.05) is 29.1 Å². The monoisotopic (exact) mass is 232 g/mol. The van der Waals surface area contributed by atoms with Crippen LogP contribution in [0.15, 0.2) is 0 Å². The maximum absolute atomic E-state index is 11.0. The number of allylic oxidation sites excluding steroid dienone is 1. The second kappa shape index (κ2) is 4.08. The molecule has 1 fully saturated rings. The van der Waals surface area contributed by atoms with Crippen LogP contribution in [-0.2, 0) is 11.2 Å². The van der Waals surface area contributed by atoms with Crippen molar-refractivity contribution in [3.63, 3.8) is 0 Å². The Morgan fingerprint density at radius 1 is 1.19 bits per heavy atom. The molecule has 1 saturated heterocycles. The molecule has 1 aliphatic heterocycles. The van der Waals surface area contributed by atoms with Gasteiger partial charge in [-0.15, -0.1) is 11.3 Å². The Labute approximate surface area is 99.6 Å². The summed E-state index contributed by atoms with van der Waals surface area (Å²) >= 11 is 1.69. The molecular weight excluding hydrogens is 218 g/mol. The van der Waals surface area contributed by atoms with E-state index in [1.165, 1.54) is 29.0 Å². The van der Waals surface area contributed by atoms with Crippen molar-refractivity contribution in [3.05, 3.63) is 15.8 Å². The number of anilines is 1. The highest BCUT2D eigenvalue weighted by Gasteiger charge is 2.25. The van der Waals surface area contributed by atoms with E-state index in [2.05, 4.69) is 16.2 Å². The smallest absolute Gasteiger partial charge is 0.128 e. The van der Waals surface area contributed by atoms with Gasteiger partial charge in [0.1, 0.15) is 5.94 Å². The van der Waals surface area contributed by atoms with E-state index in [1.807, 2.05) is 0 Å². The second-order valence-electron chi connectivity index (χ2n) is 4.48. The number of thiophene rings is 1. The summed E-state index contributed by atoms with van der Waals surface area (Å²) < 4.78 is 0. The van der Waals surface area contributed by atoms with Crippen molar-refractivity contribution in [2.45, 2.75) is 32.1 Å². The van der Waals surface area contributed by atoms with Crippen molar-refractivity contribution in [3.8, 4) is 0 Å². The van der Waals surface area contributed by atoms with Gasteiger partial charge in [-0.1, -0.05) is 0 Å². The van der Waals surface area contributed by atoms with Gasteiger partial charge in [0.15, 0.2) is 0 Å². The molecule has 0 unspecified atom stereocenters. The predicted octanol–water partition coefficient (Wildman–Crippen LogP) is 2.70. The lowest BCUT2D eigenvalue weighted by Crippen LogP contribution is -2.19. The van der Waals surface area contributed by atoms with E-state index < -0.39 is 0 Å². The van der Waals surface area contributed by atoms with Crippen molar-refractivity contribution in [2.75, 3.05) is 18.0 Å². The van der Waals surface area contributed by atoms with Crippen LogP contribution in [0.25, 0.3) is 5.57 Å². The lowest BCUT2D eigenvalue weighted by Gasteiger charge is -2.20. The highest BCUT2D eigenvalue weighted by Crippen LogP contribution is 2.41. The zero-order valence-corrected chi connectivity index (χ0v) is 10.0. The Bertz CT molecular complexity index is 450. The molecule has 1 aliphatic carbocycles. The molecule has 2 aliphatic rings. The summed E-state index contributed by atoms with van der Waals surface area (Å²) in [6.07, 6.45) is 5.61. The van der Waals surface area contributed by atoms with E-state index in [-0.39, 0.29) is 0 Å². The summed E-state index contributed by atoms with van der Waals surface area (Å²) in [5.74, 6) is 2.14. The number of aryl methyl sites for hydroxylation is 1. The highest BCUT2D eigenvalue weighted by molar-refractivity contribution is 7.10. The molecule has 0 spiro atoms. The van der Waals surface area contributed by atoms with Gasteiger partial charge in [0.05, 0.1) is 11.1 Å². The standard InChI is InChI=1S/C13H14NOS/c15-8-10-4-3-5-12-13(10)11(9-16-12)14-6-1-2-7-14/h1-7H2. The SMILES string of the molecule is O=C=C1CCCc2s[c]c(N3CCCC3)c21. The Morgan fingerprint density at radius 3 is 2.75 bits per heavy atom. The number of carbonyl (C=O) groups excluding carboxylic acids is 1. The topological polar surface area (TPSA) is 20.3 Å². The number of hydrogen-bond acceptors (Lipinski definition) is 3. The first kappa shape index (κ1) is 10.1. The van der Waals surface area contributed by atoms with Gasteiger partial charge in [-0.25, -0.2) is 4.79 Å². The zero-order chi connectivity index (χ0) is 11.0. The maximum Gasteiger partial charge on any atom is 0.128 e. The minimum atomic E-state index is 0.876. The molecule has 2 nitrogen and oxygen atoms in total. The van der Waals surface area contributed by atoms with Gasteiger partial charge >= 0.3 is 0 Å². The summed E-state index contributed by atoms with van der Waals surface area (Å²) in [4.78, 5) is 14.7. The predicted molar refractivity (Wildman–Crippen MR) is 66.6 cm³/mol. The molecule has 0 bridgehead atoms. The average molecular weight is 232 g/mol. The van der Waals surface area contributed by atoms with Gasteiger partial charge in [-0.05, 0) is 32.1 Å². The van der Waals surface area contributed by atoms with Crippen LogP contribution < -0.4 is 4.90 Å². The summed E-state index contributed by atoms with van der Waals surface area (Å²) in [5, 5.41) is 3.39. The summed E-state index contributed by atoms with van der Waals surface area (Å²) in [5.41, 5.74) is 3.23. The number of hydrogen-bond donors (Lipinski definition) is 0. The van der Waals surface area contributed by atoms with E-state index in [9.17, 15) is 4.79 Å². The molecule has 2 heterocycles. The van der Waals surface area contributed by atoms with E-state index >= 15 is 0 Å². The van der Waals surface area contributed by atoms with Crippen LogP contribution in [0.5, 0.6) is 0 Å². The summed E-state index contributed by atoms with van der Waals surface area (Å²) in [7, 11) is 0. The van der Waals surface area contributed by atoms with E-state index in [4.69, 9.17) is 0 Å². The molecule has 83 valence electrons. The minimum Gasteiger partial charge on any atom is -0.370 e. The van der Waals surface area contributed by atoms with Crippen molar-refractivity contribution >= 4 is 28.5 Å². The number of nitrogens with zero attached hydrogens (tertiary/aromatic N) is 1. The van der Waals surface area contributed by atoms with Crippen LogP contribution in [0.2, 0.25) is 0 Å². The van der Waals surface area contributed by atoms with Gasteiger partial charge in [-0.3, -0.25) is 0 Å². The molecule has 16 heavy (non-hydrogen) atoms. The zero-order valence-electron chi connectivity index (χ0n) is 9.21. The fourth-order valence-electron chi connectivity index (χ4n) is 2.65. The van der Waals surface area contributed by atoms with Gasteiger partial charge in [0.25, 0.3) is 0 Å². The van der Waals surface area contributed by atoms with Crippen LogP contribution in [0.1, 0.15) is 36.1 Å². The molecule has 0 saturated carbocycles. The number of rotatable bonds is 1. The third-order valence-electron chi connectivity index (χ3n) is 3.46. The van der Waals surface area contributed by atoms with E-state index in [0.717, 1.165) is 37.9 Å². The summed E-state index contributed by atoms with van der Waals surface area (Å²) in [6.45, 7) is 2.23. The molecule has 1 aromatic heterocycles. The van der Waals surface area contributed by atoms with Crippen LogP contribution in [0.4, 0.5) is 5.69 Å². The third-order valence-corrected chi connectivity index (χ3v) is 4.41. The van der Waals surface area contributed by atoms with Crippen molar-refractivity contribution < 1.29 is 4.79 Å².